The standard InChI is InChI=1S/C7H6N2O3.H2O/c10-7(11)5-1-3-6(4-2-5)8-9-12;/h1-4H,(H,8,12)(H,10,11);1H2. The summed E-state index contributed by atoms with van der Waals surface area (Å²) < 4.78 is 0. The average Bonchev–Trinajstić information content (AvgIpc) is 2.06. The zero-order valence-electron chi connectivity index (χ0n) is 6.52. The Morgan fingerprint density at radius 1 is 1.31 bits per heavy atom. The van der Waals surface area contributed by atoms with Crippen molar-refractivity contribution in [1.82, 2.24) is 0 Å². The number of aromatic carboxylic acids is 1. The summed E-state index contributed by atoms with van der Waals surface area (Å²) in [6.07, 6.45) is 0. The molecule has 0 radical (unpaired) electrons. The normalized spacial score (nSPS) is 8.31. The first-order valence-electron chi connectivity index (χ1n) is 3.16. The fourth-order valence-electron chi connectivity index (χ4n) is 0.740. The molecule has 0 aliphatic rings. The minimum Gasteiger partial charge on any atom is -0.478 e. The van der Waals surface area contributed by atoms with Gasteiger partial charge in [-0.05, 0) is 24.3 Å². The lowest BCUT2D eigenvalue weighted by Gasteiger charge is -1.96. The monoisotopic (exact) mass is 184 g/mol. The molecule has 1 aromatic carbocycles. The minimum atomic E-state index is -0.999. The van der Waals surface area contributed by atoms with Gasteiger partial charge in [0, 0.05) is 0 Å². The molecule has 0 aliphatic carbocycles. The highest BCUT2D eigenvalue weighted by atomic mass is 16.4. The lowest BCUT2D eigenvalue weighted by molar-refractivity contribution is 0.0697. The van der Waals surface area contributed by atoms with Crippen LogP contribution in [0.5, 0.6) is 0 Å². The first-order chi connectivity index (χ1) is 5.74. The van der Waals surface area contributed by atoms with Crippen molar-refractivity contribution in [2.45, 2.75) is 0 Å². The molecule has 4 N–H and O–H groups in total. The van der Waals surface area contributed by atoms with Gasteiger partial charge < -0.3 is 10.6 Å². The predicted molar refractivity (Wildman–Crippen MR) is 46.4 cm³/mol. The van der Waals surface area contributed by atoms with E-state index in [2.05, 4.69) is 10.7 Å². The highest BCUT2D eigenvalue weighted by molar-refractivity contribution is 5.87. The second kappa shape index (κ2) is 4.83. The molecule has 0 saturated heterocycles. The van der Waals surface area contributed by atoms with Gasteiger partial charge in [0.2, 0.25) is 0 Å². The van der Waals surface area contributed by atoms with Gasteiger partial charge in [-0.15, -0.1) is 4.91 Å². The summed E-state index contributed by atoms with van der Waals surface area (Å²) in [6, 6.07) is 5.70. The van der Waals surface area contributed by atoms with Crippen LogP contribution in [-0.4, -0.2) is 16.6 Å². The van der Waals surface area contributed by atoms with Gasteiger partial charge in [0.05, 0.1) is 16.5 Å². The summed E-state index contributed by atoms with van der Waals surface area (Å²) >= 11 is 0. The lowest BCUT2D eigenvalue weighted by atomic mass is 10.2. The molecular formula is C7H8N2O4. The minimum absolute atomic E-state index is 0. The quantitative estimate of drug-likeness (QED) is 0.530. The SMILES string of the molecule is O.O=NNc1ccc(C(=O)O)cc1. The zero-order valence-corrected chi connectivity index (χ0v) is 6.52. The molecule has 0 atom stereocenters. The Morgan fingerprint density at radius 3 is 2.23 bits per heavy atom. The molecule has 0 aromatic heterocycles. The van der Waals surface area contributed by atoms with Crippen molar-refractivity contribution in [3.8, 4) is 0 Å². The van der Waals surface area contributed by atoms with Crippen LogP contribution in [0, 0.1) is 4.91 Å². The molecule has 70 valence electrons. The number of carbonyl (C=O) groups is 1. The molecule has 0 amide bonds. The number of anilines is 1. The Balaban J connectivity index is 0.00000144. The number of hydrogen-bond acceptors (Lipinski definition) is 3. The Kier molecular flexibility index (Phi) is 4.11. The molecule has 6 nitrogen and oxygen atoms in total. The molecule has 6 heteroatoms. The maximum absolute atomic E-state index is 10.4. The van der Waals surface area contributed by atoms with Gasteiger partial charge in [-0.1, -0.05) is 0 Å². The fourth-order valence-corrected chi connectivity index (χ4v) is 0.740. The van der Waals surface area contributed by atoms with E-state index in [1.54, 1.807) is 0 Å². The van der Waals surface area contributed by atoms with E-state index in [0.717, 1.165) is 0 Å². The third-order valence-corrected chi connectivity index (χ3v) is 1.31. The molecule has 0 saturated carbocycles. The fraction of sp³-hybridized carbons (Fsp3) is 0. The maximum Gasteiger partial charge on any atom is 0.335 e. The summed E-state index contributed by atoms with van der Waals surface area (Å²) in [5.74, 6) is -0.999. The van der Waals surface area contributed by atoms with Crippen molar-refractivity contribution in [3.63, 3.8) is 0 Å². The van der Waals surface area contributed by atoms with Gasteiger partial charge >= 0.3 is 5.97 Å². The molecule has 0 unspecified atom stereocenters. The van der Waals surface area contributed by atoms with Crippen molar-refractivity contribution in [2.24, 2.45) is 5.29 Å². The molecule has 0 aliphatic heterocycles. The molecule has 0 fully saturated rings. The molecule has 0 heterocycles. The van der Waals surface area contributed by atoms with Gasteiger partial charge in [-0.2, -0.15) is 0 Å². The van der Waals surface area contributed by atoms with E-state index < -0.39 is 5.97 Å². The number of benzene rings is 1. The summed E-state index contributed by atoms with van der Waals surface area (Å²) in [7, 11) is 0. The van der Waals surface area contributed by atoms with Crippen molar-refractivity contribution in [3.05, 3.63) is 34.7 Å². The van der Waals surface area contributed by atoms with Crippen LogP contribution in [0.1, 0.15) is 10.4 Å². The molecule has 0 spiro atoms. The zero-order chi connectivity index (χ0) is 8.97. The van der Waals surface area contributed by atoms with E-state index in [4.69, 9.17) is 5.11 Å². The van der Waals surface area contributed by atoms with Gasteiger partial charge in [-0.3, -0.25) is 0 Å². The number of nitrogens with zero attached hydrogens (tertiary/aromatic N) is 1. The van der Waals surface area contributed by atoms with E-state index in [9.17, 15) is 9.70 Å². The Hall–Kier alpha value is -1.95. The second-order valence-corrected chi connectivity index (χ2v) is 2.09. The summed E-state index contributed by atoms with van der Waals surface area (Å²) in [5.41, 5.74) is 2.79. The summed E-state index contributed by atoms with van der Waals surface area (Å²) in [4.78, 5) is 20.1. The summed E-state index contributed by atoms with van der Waals surface area (Å²) in [6.45, 7) is 0. The first-order valence-corrected chi connectivity index (χ1v) is 3.16. The number of carboxylic acids is 1. The topological polar surface area (TPSA) is 110 Å². The predicted octanol–water partition coefficient (Wildman–Crippen LogP) is 0.653. The molecule has 13 heavy (non-hydrogen) atoms. The highest BCUT2D eigenvalue weighted by Gasteiger charge is 2.00. The van der Waals surface area contributed by atoms with Crippen LogP contribution in [0.25, 0.3) is 0 Å². The average molecular weight is 184 g/mol. The third-order valence-electron chi connectivity index (χ3n) is 1.31. The van der Waals surface area contributed by atoms with Crippen LogP contribution in [-0.2, 0) is 0 Å². The van der Waals surface area contributed by atoms with E-state index in [1.165, 1.54) is 24.3 Å². The van der Waals surface area contributed by atoms with Gasteiger partial charge in [0.1, 0.15) is 0 Å². The molecule has 1 aromatic rings. The van der Waals surface area contributed by atoms with Crippen molar-refractivity contribution < 1.29 is 15.4 Å². The Labute approximate surface area is 73.4 Å². The van der Waals surface area contributed by atoms with E-state index in [1.807, 2.05) is 0 Å². The van der Waals surface area contributed by atoms with E-state index in [-0.39, 0.29) is 11.0 Å². The van der Waals surface area contributed by atoms with E-state index in [0.29, 0.717) is 5.69 Å². The Morgan fingerprint density at radius 2 is 1.85 bits per heavy atom. The van der Waals surface area contributed by atoms with E-state index >= 15 is 0 Å². The van der Waals surface area contributed by atoms with Crippen LogP contribution >= 0.6 is 0 Å². The van der Waals surface area contributed by atoms with Crippen LogP contribution in [0.4, 0.5) is 5.69 Å². The number of nitroso groups, excluding NO2 is 1. The highest BCUT2D eigenvalue weighted by Crippen LogP contribution is 2.08. The maximum atomic E-state index is 10.4. The number of rotatable bonds is 3. The molecule has 0 bridgehead atoms. The van der Waals surface area contributed by atoms with Crippen LogP contribution in [0.2, 0.25) is 0 Å². The molecular weight excluding hydrogens is 176 g/mol. The van der Waals surface area contributed by atoms with Crippen LogP contribution in [0.15, 0.2) is 29.6 Å². The largest absolute Gasteiger partial charge is 0.478 e. The van der Waals surface area contributed by atoms with Crippen molar-refractivity contribution in [2.75, 3.05) is 5.43 Å². The van der Waals surface area contributed by atoms with Gasteiger partial charge in [-0.25, -0.2) is 10.2 Å². The third kappa shape index (κ3) is 2.88. The number of nitrogens with one attached hydrogen (secondary N) is 1. The van der Waals surface area contributed by atoms with Gasteiger partial charge in [0.15, 0.2) is 0 Å². The smallest absolute Gasteiger partial charge is 0.335 e. The molecule has 1 rings (SSSR count). The van der Waals surface area contributed by atoms with Crippen LogP contribution in [0.3, 0.4) is 0 Å². The van der Waals surface area contributed by atoms with Gasteiger partial charge in [0.25, 0.3) is 0 Å². The number of hydrogen-bond donors (Lipinski definition) is 2. The first kappa shape index (κ1) is 11.1. The second-order valence-electron chi connectivity index (χ2n) is 2.09. The lowest BCUT2D eigenvalue weighted by Crippen LogP contribution is -1.95. The Bertz CT molecular complexity index is 296. The summed E-state index contributed by atoms with van der Waals surface area (Å²) in [5, 5.41) is 10.9. The van der Waals surface area contributed by atoms with Crippen molar-refractivity contribution >= 4 is 11.7 Å². The van der Waals surface area contributed by atoms with Crippen molar-refractivity contribution in [1.29, 1.82) is 0 Å². The van der Waals surface area contributed by atoms with Crippen LogP contribution < -0.4 is 5.43 Å². The number of carboxylic acid groups (broad SMARTS) is 1.